The number of carbonyl (C=O) groups is 1. The lowest BCUT2D eigenvalue weighted by atomic mass is 10.2. The van der Waals surface area contributed by atoms with Crippen LogP contribution in [0.25, 0.3) is 5.65 Å². The fraction of sp³-hybridized carbons (Fsp3) is 0. The summed E-state index contributed by atoms with van der Waals surface area (Å²) in [6, 6.07) is 4.96. The zero-order valence-corrected chi connectivity index (χ0v) is 12.2. The highest BCUT2D eigenvalue weighted by Gasteiger charge is 2.14. The Hall–Kier alpha value is -2.00. The number of aromatic carboxylic acids is 1. The molecule has 3 rings (SSSR count). The quantitative estimate of drug-likeness (QED) is 0.772. The summed E-state index contributed by atoms with van der Waals surface area (Å²) in [4.78, 5) is 15.9. The Morgan fingerprint density at radius 2 is 2.20 bits per heavy atom. The van der Waals surface area contributed by atoms with Crippen molar-refractivity contribution in [1.82, 2.24) is 25.0 Å². The average Bonchev–Trinajstić information content (AvgIpc) is 2.88. The Bertz CT molecular complexity index is 806. The van der Waals surface area contributed by atoms with Gasteiger partial charge in [0.1, 0.15) is 5.03 Å². The molecule has 0 atom stereocenters. The zero-order chi connectivity index (χ0) is 14.1. The van der Waals surface area contributed by atoms with Crippen molar-refractivity contribution >= 4 is 39.3 Å². The highest BCUT2D eigenvalue weighted by molar-refractivity contribution is 9.10. The first-order chi connectivity index (χ1) is 9.65. The normalized spacial score (nSPS) is 10.8. The van der Waals surface area contributed by atoms with Crippen molar-refractivity contribution in [3.05, 3.63) is 40.6 Å². The number of hydrogen-bond acceptors (Lipinski definition) is 6. The van der Waals surface area contributed by atoms with Gasteiger partial charge in [-0.25, -0.2) is 4.79 Å². The van der Waals surface area contributed by atoms with Crippen molar-refractivity contribution in [2.24, 2.45) is 0 Å². The van der Waals surface area contributed by atoms with E-state index in [9.17, 15) is 9.90 Å². The second kappa shape index (κ2) is 5.17. The van der Waals surface area contributed by atoms with Crippen LogP contribution >= 0.6 is 27.7 Å². The third-order valence-corrected chi connectivity index (χ3v) is 4.00. The van der Waals surface area contributed by atoms with Gasteiger partial charge in [0.2, 0.25) is 0 Å². The molecule has 0 aliphatic heterocycles. The minimum atomic E-state index is -0.989. The molecule has 0 radical (unpaired) electrons. The molecule has 0 unspecified atom stereocenters. The van der Waals surface area contributed by atoms with Crippen molar-refractivity contribution in [3.63, 3.8) is 0 Å². The third kappa shape index (κ3) is 2.37. The van der Waals surface area contributed by atoms with E-state index in [2.05, 4.69) is 36.4 Å². The number of carboxylic acids is 1. The van der Waals surface area contributed by atoms with Gasteiger partial charge >= 0.3 is 5.97 Å². The van der Waals surface area contributed by atoms with E-state index in [4.69, 9.17) is 0 Å². The van der Waals surface area contributed by atoms with Crippen LogP contribution in [0.2, 0.25) is 0 Å². The van der Waals surface area contributed by atoms with Crippen LogP contribution in [0.15, 0.2) is 45.0 Å². The number of fused-ring (bicyclic) bond motifs is 1. The van der Waals surface area contributed by atoms with E-state index in [-0.39, 0.29) is 5.56 Å². The topological polar surface area (TPSA) is 93.3 Å². The summed E-state index contributed by atoms with van der Waals surface area (Å²) in [5.41, 5.74) is 0.713. The molecular formula is C11H6BrN5O2S. The van der Waals surface area contributed by atoms with Gasteiger partial charge in [-0.1, -0.05) is 27.7 Å². The maximum absolute atomic E-state index is 11.2. The number of hydrogen-bond donors (Lipinski definition) is 1. The summed E-state index contributed by atoms with van der Waals surface area (Å²) in [7, 11) is 0. The highest BCUT2D eigenvalue weighted by atomic mass is 79.9. The van der Waals surface area contributed by atoms with Gasteiger partial charge in [0.25, 0.3) is 0 Å². The van der Waals surface area contributed by atoms with Gasteiger partial charge in [-0.2, -0.15) is 4.52 Å². The SMILES string of the molecule is O=C(O)c1ccc(Br)cc1Sc1cncc2nnnn12. The molecule has 2 aromatic heterocycles. The van der Waals surface area contributed by atoms with Gasteiger partial charge in [-0.15, -0.1) is 5.10 Å². The summed E-state index contributed by atoms with van der Waals surface area (Å²) in [6.45, 7) is 0. The van der Waals surface area contributed by atoms with E-state index < -0.39 is 5.97 Å². The molecule has 0 spiro atoms. The third-order valence-electron chi connectivity index (χ3n) is 2.47. The van der Waals surface area contributed by atoms with Crippen LogP contribution in [-0.4, -0.2) is 36.1 Å². The molecule has 100 valence electrons. The zero-order valence-electron chi connectivity index (χ0n) is 9.76. The van der Waals surface area contributed by atoms with E-state index in [0.29, 0.717) is 15.6 Å². The van der Waals surface area contributed by atoms with Crippen molar-refractivity contribution in [2.75, 3.05) is 0 Å². The van der Waals surface area contributed by atoms with Gasteiger partial charge in [0, 0.05) is 9.37 Å². The molecule has 1 N–H and O–H groups in total. The Balaban J connectivity index is 2.09. The van der Waals surface area contributed by atoms with Crippen molar-refractivity contribution in [3.8, 4) is 0 Å². The molecule has 1 aromatic carbocycles. The van der Waals surface area contributed by atoms with E-state index >= 15 is 0 Å². The average molecular weight is 352 g/mol. The van der Waals surface area contributed by atoms with Crippen LogP contribution in [0, 0.1) is 0 Å². The van der Waals surface area contributed by atoms with Gasteiger partial charge < -0.3 is 5.11 Å². The summed E-state index contributed by atoms with van der Waals surface area (Å²) in [5.74, 6) is -0.989. The minimum absolute atomic E-state index is 0.211. The predicted molar refractivity (Wildman–Crippen MR) is 73.8 cm³/mol. The number of carboxylic acid groups (broad SMARTS) is 1. The Kier molecular flexibility index (Phi) is 3.36. The number of benzene rings is 1. The molecule has 2 heterocycles. The van der Waals surface area contributed by atoms with E-state index in [0.717, 1.165) is 4.47 Å². The van der Waals surface area contributed by atoms with E-state index in [1.807, 2.05) is 0 Å². The summed E-state index contributed by atoms with van der Waals surface area (Å²) in [6.07, 6.45) is 3.11. The lowest BCUT2D eigenvalue weighted by molar-refractivity contribution is 0.0693. The van der Waals surface area contributed by atoms with E-state index in [1.54, 1.807) is 24.4 Å². The molecule has 0 amide bonds. The first-order valence-electron chi connectivity index (χ1n) is 5.38. The monoisotopic (exact) mass is 351 g/mol. The number of nitrogens with zero attached hydrogens (tertiary/aromatic N) is 5. The van der Waals surface area contributed by atoms with Crippen molar-refractivity contribution in [1.29, 1.82) is 0 Å². The van der Waals surface area contributed by atoms with Crippen LogP contribution < -0.4 is 0 Å². The van der Waals surface area contributed by atoms with E-state index in [1.165, 1.54) is 22.5 Å². The molecule has 0 aliphatic rings. The number of tetrazole rings is 1. The van der Waals surface area contributed by atoms with Gasteiger partial charge in [-0.3, -0.25) is 4.98 Å². The number of rotatable bonds is 3. The van der Waals surface area contributed by atoms with Crippen molar-refractivity contribution < 1.29 is 9.90 Å². The summed E-state index contributed by atoms with van der Waals surface area (Å²) in [5, 5.41) is 21.1. The van der Waals surface area contributed by atoms with Crippen LogP contribution in [-0.2, 0) is 0 Å². The van der Waals surface area contributed by atoms with Crippen LogP contribution in [0.1, 0.15) is 10.4 Å². The molecule has 7 nitrogen and oxygen atoms in total. The fourth-order valence-electron chi connectivity index (χ4n) is 1.59. The highest BCUT2D eigenvalue weighted by Crippen LogP contribution is 2.32. The predicted octanol–water partition coefficient (Wildman–Crippen LogP) is 2.13. The lowest BCUT2D eigenvalue weighted by Gasteiger charge is -2.06. The number of halogens is 1. The van der Waals surface area contributed by atoms with Crippen molar-refractivity contribution in [2.45, 2.75) is 9.92 Å². The van der Waals surface area contributed by atoms with Gasteiger partial charge in [0.15, 0.2) is 5.65 Å². The molecular weight excluding hydrogens is 346 g/mol. The molecule has 0 aliphatic carbocycles. The maximum atomic E-state index is 11.2. The Labute approximate surface area is 125 Å². The van der Waals surface area contributed by atoms with Gasteiger partial charge in [-0.05, 0) is 28.6 Å². The molecule has 0 saturated carbocycles. The largest absolute Gasteiger partial charge is 0.478 e. The first-order valence-corrected chi connectivity index (χ1v) is 6.99. The number of aromatic nitrogens is 5. The molecule has 9 heteroatoms. The van der Waals surface area contributed by atoms with Crippen LogP contribution in [0.3, 0.4) is 0 Å². The van der Waals surface area contributed by atoms with Crippen LogP contribution in [0.4, 0.5) is 0 Å². The lowest BCUT2D eigenvalue weighted by Crippen LogP contribution is -2.00. The standard InChI is InChI=1S/C11H6BrN5O2S/c12-6-1-2-7(11(18)19)8(3-6)20-10-5-13-4-9-14-15-16-17(9)10/h1-5H,(H,18,19). The Morgan fingerprint density at radius 1 is 1.35 bits per heavy atom. The van der Waals surface area contributed by atoms with Crippen LogP contribution in [0.5, 0.6) is 0 Å². The smallest absolute Gasteiger partial charge is 0.336 e. The summed E-state index contributed by atoms with van der Waals surface area (Å²) < 4.78 is 2.30. The molecule has 0 fully saturated rings. The Morgan fingerprint density at radius 3 is 3.00 bits per heavy atom. The molecule has 0 bridgehead atoms. The second-order valence-corrected chi connectivity index (χ2v) is 5.72. The molecule has 0 saturated heterocycles. The summed E-state index contributed by atoms with van der Waals surface area (Å²) >= 11 is 4.57. The fourth-order valence-corrected chi connectivity index (χ4v) is 3.11. The maximum Gasteiger partial charge on any atom is 0.336 e. The molecule has 3 aromatic rings. The first kappa shape index (κ1) is 13.0. The van der Waals surface area contributed by atoms with Gasteiger partial charge in [0.05, 0.1) is 18.0 Å². The molecule has 20 heavy (non-hydrogen) atoms. The second-order valence-electron chi connectivity index (χ2n) is 3.74. The minimum Gasteiger partial charge on any atom is -0.478 e.